The number of nitrogens with one attached hydrogen (secondary N) is 6. The van der Waals surface area contributed by atoms with E-state index in [0.717, 1.165) is 44.9 Å². The van der Waals surface area contributed by atoms with Crippen LogP contribution < -0.4 is 31.9 Å². The molecule has 6 N–H and O–H groups in total. The molecule has 6 aliphatic rings. The lowest BCUT2D eigenvalue weighted by Gasteiger charge is -2.35. The van der Waals surface area contributed by atoms with Gasteiger partial charge in [0.05, 0.1) is 70.3 Å². The second kappa shape index (κ2) is 22.8. The molecular weight excluding hydrogens is 1010 g/mol. The first kappa shape index (κ1) is 54.6. The summed E-state index contributed by atoms with van der Waals surface area (Å²) in [6.45, 7) is 13.0. The molecule has 0 spiro atoms. The third-order valence-electron chi connectivity index (χ3n) is 16.3. The number of carbonyl (C=O) groups excluding carboxylic acids is 4. The number of thiocarbonyl (C=S) groups is 2. The monoisotopic (exact) mass is 1080 g/mol. The zero-order chi connectivity index (χ0) is 52.6. The van der Waals surface area contributed by atoms with Crippen LogP contribution in [-0.4, -0.2) is 128 Å². The zero-order valence-corrected chi connectivity index (χ0v) is 47.2. The van der Waals surface area contributed by atoms with Crippen molar-refractivity contribution in [3.8, 4) is 0 Å². The fourth-order valence-electron chi connectivity index (χ4n) is 11.9. The Morgan fingerprint density at radius 1 is 0.622 bits per heavy atom. The first-order valence-electron chi connectivity index (χ1n) is 26.3. The summed E-state index contributed by atoms with van der Waals surface area (Å²) in [6.07, 6.45) is 3.34. The molecule has 3 aromatic rings. The van der Waals surface area contributed by atoms with Crippen molar-refractivity contribution in [1.82, 2.24) is 41.7 Å². The highest BCUT2D eigenvalue weighted by Crippen LogP contribution is 2.49. The average Bonchev–Trinajstić information content (AvgIpc) is 4.03. The van der Waals surface area contributed by atoms with Crippen molar-refractivity contribution >= 4 is 81.6 Å². The number of hydrogen-bond acceptors (Lipinski definition) is 12. The quantitative estimate of drug-likeness (QED) is 0.0893. The molecule has 12 atom stereocenters. The number of amides is 4. The van der Waals surface area contributed by atoms with Crippen LogP contribution in [0.1, 0.15) is 113 Å². The van der Waals surface area contributed by atoms with E-state index < -0.39 is 47.1 Å². The average molecular weight is 1080 g/mol. The maximum atomic E-state index is 14.7. The summed E-state index contributed by atoms with van der Waals surface area (Å²) in [7, 11) is 3.68. The first-order chi connectivity index (χ1) is 35.4. The van der Waals surface area contributed by atoms with Crippen LogP contribution in [0.3, 0.4) is 0 Å². The highest BCUT2D eigenvalue weighted by Gasteiger charge is 2.57. The minimum Gasteiger partial charge on any atom is -0.371 e. The molecule has 4 saturated heterocycles. The number of likely N-dealkylation sites (N-methyl/N-ethyl adjacent to an activating group) is 2. The van der Waals surface area contributed by atoms with Crippen molar-refractivity contribution in [3.63, 3.8) is 0 Å². The largest absolute Gasteiger partial charge is 0.371 e. The molecule has 4 aliphatic heterocycles. The molecule has 4 heterocycles. The maximum absolute atomic E-state index is 14.7. The SMILES string of the molecule is CNC(C)C(=S)N[C@H]1CCS[C@H]2CC(C)(C)[C@@H](C(=O)N[C@H]3c4ccccc4C[C@H]3OCc3ccc(CO[C@@H]4Cc5ccccc5[C@@H]4NC(=O)[C@H]4N5C(=O)[C@@H](NC(=S)C(C)NC)CCS[C@H]5CC4(C)C)cc3)N2C1=O. The standard InChI is InChI=1S/C56H74N8O6S4/c1-31(57-7)51(71)59-39-21-23-73-43-27-55(3,4)47(63(43)53(39)67)49(65)61-45-37-15-11-9-13-35(37)25-41(45)69-29-33-17-19-34(20-18-33)30-70-42-26-36-14-10-12-16-38(36)46(42)62-50(66)48-56(5,6)28-44-64(48)54(68)40(22-24-74-44)60-52(72)32(2)58-8/h9-20,31-32,39-48,57-58H,21-30H2,1-8H3,(H,59,71)(H,60,72)(H,61,65)(H,62,66)/t31?,32?,39-,40-,41+,42+,43-,44-,45-,46-,47+,48+/m0/s1. The van der Waals surface area contributed by atoms with Crippen LogP contribution in [-0.2, 0) is 54.7 Å². The van der Waals surface area contributed by atoms with E-state index >= 15 is 0 Å². The molecule has 3 aromatic carbocycles. The molecule has 9 rings (SSSR count). The first-order valence-corrected chi connectivity index (χ1v) is 29.2. The fraction of sp³-hybridized carbons (Fsp3) is 0.571. The van der Waals surface area contributed by atoms with Crippen LogP contribution in [0.25, 0.3) is 0 Å². The Hall–Kier alpha value is -4.14. The summed E-state index contributed by atoms with van der Waals surface area (Å²) < 4.78 is 13.4. The Labute approximate surface area is 456 Å². The number of nitrogens with zero attached hydrogens (tertiary/aromatic N) is 2. The van der Waals surface area contributed by atoms with Gasteiger partial charge >= 0.3 is 0 Å². The van der Waals surface area contributed by atoms with Gasteiger partial charge in [-0.15, -0.1) is 23.5 Å². The summed E-state index contributed by atoms with van der Waals surface area (Å²) in [5.74, 6) is 1.07. The minimum absolute atomic E-state index is 0.0824. The Balaban J connectivity index is 0.841. The number of thioether (sulfide) groups is 2. The van der Waals surface area contributed by atoms with Crippen LogP contribution in [0.4, 0.5) is 0 Å². The highest BCUT2D eigenvalue weighted by atomic mass is 32.2. The normalized spacial score (nSPS) is 29.5. The smallest absolute Gasteiger partial charge is 0.246 e. The summed E-state index contributed by atoms with van der Waals surface area (Å²) in [5, 5.41) is 19.6. The van der Waals surface area contributed by atoms with Crippen molar-refractivity contribution in [3.05, 3.63) is 106 Å². The maximum Gasteiger partial charge on any atom is 0.246 e. The number of benzene rings is 3. The summed E-state index contributed by atoms with van der Waals surface area (Å²) >= 11 is 14.8. The van der Waals surface area contributed by atoms with Gasteiger partial charge in [-0.05, 0) is 109 Å². The van der Waals surface area contributed by atoms with Crippen LogP contribution in [0.5, 0.6) is 0 Å². The summed E-state index contributed by atoms with van der Waals surface area (Å²) in [4.78, 5) is 63.0. The van der Waals surface area contributed by atoms with Crippen molar-refractivity contribution in [1.29, 1.82) is 0 Å². The van der Waals surface area contributed by atoms with Gasteiger partial charge in [0.15, 0.2) is 0 Å². The predicted molar refractivity (Wildman–Crippen MR) is 302 cm³/mol. The molecular formula is C56H74N8O6S4. The molecule has 398 valence electrons. The summed E-state index contributed by atoms with van der Waals surface area (Å²) in [6, 6.07) is 21.3. The molecule has 4 fully saturated rings. The van der Waals surface area contributed by atoms with E-state index in [1.165, 1.54) is 0 Å². The van der Waals surface area contributed by atoms with Crippen molar-refractivity contribution in [2.45, 2.75) is 165 Å². The second-order valence-electron chi connectivity index (χ2n) is 22.3. The zero-order valence-electron chi connectivity index (χ0n) is 43.9. The van der Waals surface area contributed by atoms with Gasteiger partial charge in [0.2, 0.25) is 23.6 Å². The van der Waals surface area contributed by atoms with E-state index in [2.05, 4.69) is 108 Å². The van der Waals surface area contributed by atoms with E-state index in [1.807, 2.05) is 62.0 Å². The van der Waals surface area contributed by atoms with Gasteiger partial charge in [0.25, 0.3) is 0 Å². The number of carbonyl (C=O) groups is 4. The van der Waals surface area contributed by atoms with Gasteiger partial charge in [-0.3, -0.25) is 19.2 Å². The molecule has 2 unspecified atom stereocenters. The molecule has 2 aliphatic carbocycles. The third kappa shape index (κ3) is 11.3. The van der Waals surface area contributed by atoms with Gasteiger partial charge in [0.1, 0.15) is 24.2 Å². The Bertz CT molecular complexity index is 2430. The number of hydrogen-bond donors (Lipinski definition) is 6. The topological polar surface area (TPSA) is 165 Å². The van der Waals surface area contributed by atoms with Gasteiger partial charge in [-0.25, -0.2) is 0 Å². The van der Waals surface area contributed by atoms with Crippen molar-refractivity contribution in [2.75, 3.05) is 25.6 Å². The van der Waals surface area contributed by atoms with Gasteiger partial charge in [0, 0.05) is 12.8 Å². The lowest BCUT2D eigenvalue weighted by molar-refractivity contribution is -0.143. The van der Waals surface area contributed by atoms with Crippen LogP contribution in [0.2, 0.25) is 0 Å². The van der Waals surface area contributed by atoms with Crippen LogP contribution >= 0.6 is 48.0 Å². The Morgan fingerprint density at radius 2 is 1.00 bits per heavy atom. The molecule has 14 nitrogen and oxygen atoms in total. The van der Waals surface area contributed by atoms with Crippen LogP contribution in [0.15, 0.2) is 72.8 Å². The molecule has 74 heavy (non-hydrogen) atoms. The van der Waals surface area contributed by atoms with E-state index in [1.54, 1.807) is 23.5 Å². The van der Waals surface area contributed by atoms with Gasteiger partial charge in [-0.1, -0.05) is 125 Å². The van der Waals surface area contributed by atoms with Crippen molar-refractivity contribution < 1.29 is 28.7 Å². The van der Waals surface area contributed by atoms with Crippen molar-refractivity contribution in [2.24, 2.45) is 10.8 Å². The number of fused-ring (bicyclic) bond motifs is 4. The lowest BCUT2D eigenvalue weighted by Crippen LogP contribution is -2.58. The molecule has 4 amide bonds. The van der Waals surface area contributed by atoms with E-state index in [-0.39, 0.29) is 58.7 Å². The predicted octanol–water partition coefficient (Wildman–Crippen LogP) is 6.25. The molecule has 0 saturated carbocycles. The van der Waals surface area contributed by atoms with E-state index in [4.69, 9.17) is 33.9 Å². The Morgan fingerprint density at radius 3 is 1.38 bits per heavy atom. The molecule has 0 aromatic heterocycles. The minimum atomic E-state index is -0.664. The van der Waals surface area contributed by atoms with Gasteiger partial charge in [-0.2, -0.15) is 0 Å². The fourth-order valence-corrected chi connectivity index (χ4v) is 15.6. The molecule has 0 bridgehead atoms. The molecule has 0 radical (unpaired) electrons. The number of ether oxygens (including phenoxy) is 2. The van der Waals surface area contributed by atoms with Crippen LogP contribution in [0, 0.1) is 10.8 Å². The molecule has 18 heteroatoms. The highest BCUT2D eigenvalue weighted by molar-refractivity contribution is 8.00. The second-order valence-corrected chi connectivity index (χ2v) is 25.8. The number of rotatable bonds is 16. The summed E-state index contributed by atoms with van der Waals surface area (Å²) in [5.41, 5.74) is 5.38. The third-order valence-corrected chi connectivity index (χ3v) is 19.7. The van der Waals surface area contributed by atoms with E-state index in [0.29, 0.717) is 61.7 Å². The van der Waals surface area contributed by atoms with Gasteiger partial charge < -0.3 is 51.2 Å². The van der Waals surface area contributed by atoms with E-state index in [9.17, 15) is 19.2 Å². The Kier molecular flexibility index (Phi) is 16.9. The lowest BCUT2D eigenvalue weighted by atomic mass is 9.83.